The topological polar surface area (TPSA) is 57.6 Å². The summed E-state index contributed by atoms with van der Waals surface area (Å²) in [7, 11) is -2.50. The van der Waals surface area contributed by atoms with Gasteiger partial charge in [-0.15, -0.1) is 0 Å². The van der Waals surface area contributed by atoms with Crippen LogP contribution in [0, 0.1) is 5.82 Å². The summed E-state index contributed by atoms with van der Waals surface area (Å²) in [5.74, 6) is -0.668. The lowest BCUT2D eigenvalue weighted by Gasteiger charge is -2.17. The fourth-order valence-corrected chi connectivity index (χ4v) is 2.99. The van der Waals surface area contributed by atoms with Crippen LogP contribution in [0.3, 0.4) is 0 Å². The van der Waals surface area contributed by atoms with Crippen LogP contribution in [-0.2, 0) is 16.6 Å². The highest BCUT2D eigenvalue weighted by Gasteiger charge is 2.24. The van der Waals surface area contributed by atoms with E-state index in [9.17, 15) is 17.9 Å². The van der Waals surface area contributed by atoms with Crippen LogP contribution in [0.1, 0.15) is 5.56 Å². The van der Waals surface area contributed by atoms with Gasteiger partial charge < -0.3 is 5.11 Å². The number of nitrogens with zero attached hydrogens (tertiary/aromatic N) is 1. The molecule has 2 aromatic rings. The molecule has 6 heteroatoms. The molecule has 0 unspecified atom stereocenters. The molecule has 0 bridgehead atoms. The van der Waals surface area contributed by atoms with Crippen LogP contribution < -0.4 is 0 Å². The standard InChI is InChI=1S/C14H14FNO3S/c1-16(10-11-6-8-12(17)9-7-11)20(18,19)14-5-3-2-4-13(14)15/h2-9,17H,10H2,1H3. The van der Waals surface area contributed by atoms with Crippen LogP contribution in [0.2, 0.25) is 0 Å². The third kappa shape index (κ3) is 2.97. The number of rotatable bonds is 4. The van der Waals surface area contributed by atoms with E-state index < -0.39 is 15.8 Å². The fourth-order valence-electron chi connectivity index (χ4n) is 1.77. The molecule has 0 aliphatic rings. The van der Waals surface area contributed by atoms with Gasteiger partial charge in [0.05, 0.1) is 0 Å². The molecule has 4 nitrogen and oxygen atoms in total. The van der Waals surface area contributed by atoms with Crippen molar-refractivity contribution in [1.29, 1.82) is 0 Å². The SMILES string of the molecule is CN(Cc1ccc(O)cc1)S(=O)(=O)c1ccccc1F. The van der Waals surface area contributed by atoms with Crippen LogP contribution in [-0.4, -0.2) is 24.9 Å². The van der Waals surface area contributed by atoms with Gasteiger partial charge in [-0.25, -0.2) is 12.8 Å². The highest BCUT2D eigenvalue weighted by Crippen LogP contribution is 2.20. The lowest BCUT2D eigenvalue weighted by Crippen LogP contribution is -2.27. The molecule has 1 N–H and O–H groups in total. The molecule has 0 aliphatic carbocycles. The molecule has 0 radical (unpaired) electrons. The molecule has 0 atom stereocenters. The van der Waals surface area contributed by atoms with Gasteiger partial charge in [-0.3, -0.25) is 0 Å². The first-order valence-corrected chi connectivity index (χ1v) is 7.34. The molecule has 0 aromatic heterocycles. The Morgan fingerprint density at radius 2 is 1.70 bits per heavy atom. The summed E-state index contributed by atoms with van der Waals surface area (Å²) >= 11 is 0. The maximum absolute atomic E-state index is 13.6. The second-order valence-electron chi connectivity index (χ2n) is 4.36. The number of sulfonamides is 1. The fraction of sp³-hybridized carbons (Fsp3) is 0.143. The molecule has 2 rings (SSSR count). The zero-order chi connectivity index (χ0) is 14.8. The van der Waals surface area contributed by atoms with E-state index in [2.05, 4.69) is 0 Å². The Balaban J connectivity index is 2.26. The van der Waals surface area contributed by atoms with Crippen LogP contribution in [0.4, 0.5) is 4.39 Å². The average molecular weight is 295 g/mol. The minimum absolute atomic E-state index is 0.0942. The molecule has 2 aromatic carbocycles. The zero-order valence-electron chi connectivity index (χ0n) is 10.8. The lowest BCUT2D eigenvalue weighted by atomic mass is 10.2. The highest BCUT2D eigenvalue weighted by atomic mass is 32.2. The van der Waals surface area contributed by atoms with E-state index in [1.807, 2.05) is 0 Å². The van der Waals surface area contributed by atoms with Crippen LogP contribution in [0.15, 0.2) is 53.4 Å². The van der Waals surface area contributed by atoms with E-state index in [1.54, 1.807) is 12.1 Å². The first-order chi connectivity index (χ1) is 9.41. The predicted molar refractivity (Wildman–Crippen MR) is 73.2 cm³/mol. The van der Waals surface area contributed by atoms with Crippen LogP contribution in [0.5, 0.6) is 5.75 Å². The second-order valence-corrected chi connectivity index (χ2v) is 6.37. The smallest absolute Gasteiger partial charge is 0.246 e. The van der Waals surface area contributed by atoms with E-state index in [-0.39, 0.29) is 17.2 Å². The van der Waals surface area contributed by atoms with Crippen molar-refractivity contribution in [3.63, 3.8) is 0 Å². The Morgan fingerprint density at radius 1 is 1.10 bits per heavy atom. The van der Waals surface area contributed by atoms with E-state index in [0.29, 0.717) is 5.56 Å². The quantitative estimate of drug-likeness (QED) is 0.942. The van der Waals surface area contributed by atoms with Crippen LogP contribution in [0.25, 0.3) is 0 Å². The summed E-state index contributed by atoms with van der Waals surface area (Å²) < 4.78 is 39.2. The van der Waals surface area contributed by atoms with Crippen molar-refractivity contribution in [3.05, 3.63) is 59.9 Å². The molecular formula is C14H14FNO3S. The van der Waals surface area contributed by atoms with Gasteiger partial charge in [0.15, 0.2) is 0 Å². The monoisotopic (exact) mass is 295 g/mol. The average Bonchev–Trinajstić information content (AvgIpc) is 2.41. The third-order valence-electron chi connectivity index (χ3n) is 2.87. The summed E-state index contributed by atoms with van der Waals surface area (Å²) in [4.78, 5) is -0.346. The Labute approximate surface area is 117 Å². The van der Waals surface area contributed by atoms with Crippen molar-refractivity contribution in [2.45, 2.75) is 11.4 Å². The summed E-state index contributed by atoms with van der Waals surface area (Å²) in [5.41, 5.74) is 0.699. The summed E-state index contributed by atoms with van der Waals surface area (Å²) in [6.07, 6.45) is 0. The van der Waals surface area contributed by atoms with Gasteiger partial charge in [0.25, 0.3) is 0 Å². The molecule has 0 fully saturated rings. The van der Waals surface area contributed by atoms with Gasteiger partial charge >= 0.3 is 0 Å². The van der Waals surface area contributed by atoms with Crippen molar-refractivity contribution in [2.75, 3.05) is 7.05 Å². The number of aromatic hydroxyl groups is 1. The third-order valence-corrected chi connectivity index (χ3v) is 4.70. The number of benzene rings is 2. The normalized spacial score (nSPS) is 11.8. The van der Waals surface area contributed by atoms with Gasteiger partial charge in [-0.05, 0) is 29.8 Å². The Morgan fingerprint density at radius 3 is 2.30 bits per heavy atom. The lowest BCUT2D eigenvalue weighted by molar-refractivity contribution is 0.458. The number of phenolic OH excluding ortho intramolecular Hbond substituents is 1. The molecule has 0 saturated heterocycles. The maximum Gasteiger partial charge on any atom is 0.246 e. The number of hydrogen-bond acceptors (Lipinski definition) is 3. The molecule has 0 spiro atoms. The van der Waals surface area contributed by atoms with E-state index >= 15 is 0 Å². The van der Waals surface area contributed by atoms with E-state index in [4.69, 9.17) is 0 Å². The Hall–Kier alpha value is -1.92. The van der Waals surface area contributed by atoms with Crippen molar-refractivity contribution in [3.8, 4) is 5.75 Å². The maximum atomic E-state index is 13.6. The van der Waals surface area contributed by atoms with Crippen molar-refractivity contribution in [1.82, 2.24) is 4.31 Å². The number of hydrogen-bond donors (Lipinski definition) is 1. The predicted octanol–water partition coefficient (Wildman–Crippen LogP) is 2.35. The second kappa shape index (κ2) is 5.60. The van der Waals surface area contributed by atoms with Crippen LogP contribution >= 0.6 is 0 Å². The van der Waals surface area contributed by atoms with E-state index in [0.717, 1.165) is 10.4 Å². The number of halogens is 1. The van der Waals surface area contributed by atoms with Crippen molar-refractivity contribution in [2.24, 2.45) is 0 Å². The molecule has 0 heterocycles. The highest BCUT2D eigenvalue weighted by molar-refractivity contribution is 7.89. The van der Waals surface area contributed by atoms with Crippen molar-refractivity contribution < 1.29 is 17.9 Å². The summed E-state index contributed by atoms with van der Waals surface area (Å²) in [6.45, 7) is 0.0942. The minimum atomic E-state index is -3.88. The van der Waals surface area contributed by atoms with Gasteiger partial charge in [0.1, 0.15) is 16.5 Å². The van der Waals surface area contributed by atoms with Gasteiger partial charge in [0, 0.05) is 13.6 Å². The van der Waals surface area contributed by atoms with Crippen molar-refractivity contribution >= 4 is 10.0 Å². The minimum Gasteiger partial charge on any atom is -0.508 e. The van der Waals surface area contributed by atoms with E-state index in [1.165, 1.54) is 37.4 Å². The molecule has 20 heavy (non-hydrogen) atoms. The first-order valence-electron chi connectivity index (χ1n) is 5.90. The molecule has 0 aliphatic heterocycles. The molecular weight excluding hydrogens is 281 g/mol. The number of phenols is 1. The summed E-state index contributed by atoms with van der Waals surface area (Å²) in [5, 5.41) is 9.18. The first kappa shape index (κ1) is 14.5. The van der Waals surface area contributed by atoms with Gasteiger partial charge in [-0.2, -0.15) is 4.31 Å². The molecule has 0 saturated carbocycles. The zero-order valence-corrected chi connectivity index (χ0v) is 11.6. The van der Waals surface area contributed by atoms with Gasteiger partial charge in [-0.1, -0.05) is 24.3 Å². The molecule has 0 amide bonds. The van der Waals surface area contributed by atoms with Gasteiger partial charge in [0.2, 0.25) is 10.0 Å². The molecule has 106 valence electrons. The Bertz CT molecular complexity index is 699. The summed E-state index contributed by atoms with van der Waals surface area (Å²) in [6, 6.07) is 11.4. The Kier molecular flexibility index (Phi) is 4.06. The largest absolute Gasteiger partial charge is 0.508 e.